The van der Waals surface area contributed by atoms with Gasteiger partial charge >= 0.3 is 0 Å². The van der Waals surface area contributed by atoms with Gasteiger partial charge in [-0.25, -0.2) is 9.67 Å². The molecular formula is C20H19N3O2. The third kappa shape index (κ3) is 3.77. The predicted molar refractivity (Wildman–Crippen MR) is 98.7 cm³/mol. The number of methoxy groups -OCH3 is 1. The first-order chi connectivity index (χ1) is 12.2. The number of aliphatic imine (C=N–C) groups is 1. The van der Waals surface area contributed by atoms with Gasteiger partial charge in [-0.2, -0.15) is 5.10 Å². The third-order valence-corrected chi connectivity index (χ3v) is 3.67. The first-order valence-corrected chi connectivity index (χ1v) is 7.83. The van der Waals surface area contributed by atoms with Gasteiger partial charge in [-0.3, -0.25) is 0 Å². The molecule has 0 N–H and O–H groups in total. The molecule has 1 heterocycles. The second-order valence-corrected chi connectivity index (χ2v) is 5.35. The summed E-state index contributed by atoms with van der Waals surface area (Å²) in [7, 11) is 1.62. The average Bonchev–Trinajstić information content (AvgIpc) is 3.16. The molecule has 2 aromatic carbocycles. The van der Waals surface area contributed by atoms with Crippen LogP contribution in [-0.4, -0.2) is 22.8 Å². The molecule has 0 bridgehead atoms. The summed E-state index contributed by atoms with van der Waals surface area (Å²) in [6, 6.07) is 15.3. The number of benzene rings is 2. The number of ether oxygens (including phenoxy) is 2. The van der Waals surface area contributed by atoms with Gasteiger partial charge in [0.2, 0.25) is 5.90 Å². The van der Waals surface area contributed by atoms with E-state index >= 15 is 0 Å². The maximum Gasteiger partial charge on any atom is 0.226 e. The number of nitrogens with zero attached hydrogens (tertiary/aromatic N) is 3. The molecule has 0 saturated heterocycles. The number of aromatic nitrogens is 2. The highest BCUT2D eigenvalue weighted by Crippen LogP contribution is 2.26. The van der Waals surface area contributed by atoms with Gasteiger partial charge in [-0.1, -0.05) is 24.8 Å². The van der Waals surface area contributed by atoms with Crippen LogP contribution in [0.4, 0.5) is 0 Å². The van der Waals surface area contributed by atoms with Crippen molar-refractivity contribution in [3.8, 4) is 17.2 Å². The number of hydrogen-bond donors (Lipinski definition) is 0. The van der Waals surface area contributed by atoms with Crippen LogP contribution in [0.2, 0.25) is 0 Å². The van der Waals surface area contributed by atoms with E-state index in [4.69, 9.17) is 9.47 Å². The van der Waals surface area contributed by atoms with Crippen LogP contribution in [0.3, 0.4) is 0 Å². The summed E-state index contributed by atoms with van der Waals surface area (Å²) in [5, 5.41) is 4.25. The molecule has 0 atom stereocenters. The van der Waals surface area contributed by atoms with E-state index < -0.39 is 0 Å². The molecule has 0 unspecified atom stereocenters. The van der Waals surface area contributed by atoms with Crippen molar-refractivity contribution in [1.29, 1.82) is 0 Å². The second kappa shape index (κ2) is 7.49. The van der Waals surface area contributed by atoms with Crippen molar-refractivity contribution >= 4 is 5.90 Å². The summed E-state index contributed by atoms with van der Waals surface area (Å²) >= 11 is 0. The van der Waals surface area contributed by atoms with Gasteiger partial charge in [0.05, 0.1) is 12.8 Å². The molecule has 1 aromatic heterocycles. The van der Waals surface area contributed by atoms with Crippen LogP contribution in [-0.2, 0) is 0 Å². The van der Waals surface area contributed by atoms with E-state index in [2.05, 4.69) is 16.7 Å². The zero-order valence-corrected chi connectivity index (χ0v) is 14.2. The lowest BCUT2D eigenvalue weighted by Gasteiger charge is -2.13. The van der Waals surface area contributed by atoms with Gasteiger partial charge in [-0.15, -0.1) is 0 Å². The third-order valence-electron chi connectivity index (χ3n) is 3.67. The van der Waals surface area contributed by atoms with E-state index in [1.807, 2.05) is 61.7 Å². The van der Waals surface area contributed by atoms with Crippen LogP contribution in [0.1, 0.15) is 11.1 Å². The quantitative estimate of drug-likeness (QED) is 0.520. The fourth-order valence-corrected chi connectivity index (χ4v) is 2.45. The highest BCUT2D eigenvalue weighted by atomic mass is 16.5. The van der Waals surface area contributed by atoms with Crippen molar-refractivity contribution in [3.63, 3.8) is 0 Å². The molecule has 0 saturated carbocycles. The number of rotatable bonds is 5. The van der Waals surface area contributed by atoms with Gasteiger partial charge in [0.25, 0.3) is 0 Å². The SMILES string of the molecule is C=CN=C(Oc1cc(OC)cc(-n2cccn2)c1)c1ccccc1C. The van der Waals surface area contributed by atoms with Crippen molar-refractivity contribution in [2.45, 2.75) is 6.92 Å². The van der Waals surface area contributed by atoms with Crippen molar-refractivity contribution in [3.05, 3.63) is 84.8 Å². The van der Waals surface area contributed by atoms with Crippen molar-refractivity contribution < 1.29 is 9.47 Å². The standard InChI is InChI=1S/C20H19N3O2/c1-4-21-20(19-9-6-5-8-15(19)2)25-18-13-16(12-17(14-18)24-3)23-11-7-10-22-23/h4-14H,1H2,2-3H3. The molecule has 3 rings (SSSR count). The number of hydrogen-bond acceptors (Lipinski definition) is 4. The highest BCUT2D eigenvalue weighted by Gasteiger charge is 2.11. The van der Waals surface area contributed by atoms with Crippen molar-refractivity contribution in [2.75, 3.05) is 7.11 Å². The van der Waals surface area contributed by atoms with Crippen LogP contribution in [0.25, 0.3) is 5.69 Å². The zero-order valence-electron chi connectivity index (χ0n) is 14.2. The summed E-state index contributed by atoms with van der Waals surface area (Å²) in [6.45, 7) is 5.69. The molecule has 0 spiro atoms. The monoisotopic (exact) mass is 333 g/mol. The molecule has 0 radical (unpaired) electrons. The maximum absolute atomic E-state index is 6.06. The van der Waals surface area contributed by atoms with Gasteiger partial charge in [-0.05, 0) is 24.6 Å². The molecule has 126 valence electrons. The van der Waals surface area contributed by atoms with Crippen LogP contribution < -0.4 is 9.47 Å². The van der Waals surface area contributed by atoms with Gasteiger partial charge < -0.3 is 9.47 Å². The fourth-order valence-electron chi connectivity index (χ4n) is 2.45. The summed E-state index contributed by atoms with van der Waals surface area (Å²) in [5.74, 6) is 1.76. The Kier molecular flexibility index (Phi) is 4.95. The van der Waals surface area contributed by atoms with Crippen LogP contribution >= 0.6 is 0 Å². The molecular weight excluding hydrogens is 314 g/mol. The van der Waals surface area contributed by atoms with Crippen molar-refractivity contribution in [1.82, 2.24) is 9.78 Å². The van der Waals surface area contributed by atoms with E-state index in [0.717, 1.165) is 16.8 Å². The summed E-state index contributed by atoms with van der Waals surface area (Å²) in [6.07, 6.45) is 5.05. The van der Waals surface area contributed by atoms with E-state index in [1.165, 1.54) is 6.20 Å². The topological polar surface area (TPSA) is 48.6 Å². The van der Waals surface area contributed by atoms with E-state index in [1.54, 1.807) is 18.0 Å². The van der Waals surface area contributed by atoms with Crippen LogP contribution in [0, 0.1) is 6.92 Å². The Morgan fingerprint density at radius 1 is 1.16 bits per heavy atom. The Balaban J connectivity index is 2.00. The first kappa shape index (κ1) is 16.5. The first-order valence-electron chi connectivity index (χ1n) is 7.83. The minimum absolute atomic E-state index is 0.479. The lowest BCUT2D eigenvalue weighted by molar-refractivity contribution is 0.411. The average molecular weight is 333 g/mol. The minimum Gasteiger partial charge on any atom is -0.497 e. The largest absolute Gasteiger partial charge is 0.497 e. The van der Waals surface area contributed by atoms with Gasteiger partial charge in [0.15, 0.2) is 0 Å². The predicted octanol–water partition coefficient (Wildman–Crippen LogP) is 4.16. The molecule has 0 aliphatic rings. The lowest BCUT2D eigenvalue weighted by Crippen LogP contribution is -2.12. The molecule has 0 fully saturated rings. The summed E-state index contributed by atoms with van der Waals surface area (Å²) < 4.78 is 13.2. The van der Waals surface area contributed by atoms with Gasteiger partial charge in [0.1, 0.15) is 11.5 Å². The van der Waals surface area contributed by atoms with E-state index in [9.17, 15) is 0 Å². The highest BCUT2D eigenvalue weighted by molar-refractivity contribution is 5.97. The van der Waals surface area contributed by atoms with E-state index in [0.29, 0.717) is 17.4 Å². The summed E-state index contributed by atoms with van der Waals surface area (Å²) in [5.41, 5.74) is 2.81. The Bertz CT molecular complexity index is 899. The van der Waals surface area contributed by atoms with Crippen LogP contribution in [0.5, 0.6) is 11.5 Å². The smallest absolute Gasteiger partial charge is 0.226 e. The fraction of sp³-hybridized carbons (Fsp3) is 0.100. The molecule has 0 aliphatic carbocycles. The molecule has 5 nitrogen and oxygen atoms in total. The Labute approximate surface area is 146 Å². The molecule has 3 aromatic rings. The normalized spacial score (nSPS) is 11.2. The Hall–Kier alpha value is -3.34. The maximum atomic E-state index is 6.06. The second-order valence-electron chi connectivity index (χ2n) is 5.35. The van der Waals surface area contributed by atoms with Crippen LogP contribution in [0.15, 0.2) is 78.7 Å². The molecule has 0 aliphatic heterocycles. The van der Waals surface area contributed by atoms with Gasteiger partial charge in [0, 0.05) is 42.4 Å². The molecule has 0 amide bonds. The molecule has 5 heteroatoms. The zero-order chi connectivity index (χ0) is 17.6. The lowest BCUT2D eigenvalue weighted by atomic mass is 10.1. The molecule has 25 heavy (non-hydrogen) atoms. The Morgan fingerprint density at radius 3 is 2.64 bits per heavy atom. The Morgan fingerprint density at radius 2 is 1.96 bits per heavy atom. The minimum atomic E-state index is 0.479. The van der Waals surface area contributed by atoms with Crippen molar-refractivity contribution in [2.24, 2.45) is 4.99 Å². The summed E-state index contributed by atoms with van der Waals surface area (Å²) in [4.78, 5) is 4.29. The number of aryl methyl sites for hydroxylation is 1. The van der Waals surface area contributed by atoms with E-state index in [-0.39, 0.29) is 0 Å².